The van der Waals surface area contributed by atoms with Crippen molar-refractivity contribution in [3.05, 3.63) is 11.6 Å². The van der Waals surface area contributed by atoms with E-state index in [1.165, 1.54) is 5.57 Å². The van der Waals surface area contributed by atoms with Crippen LogP contribution in [-0.2, 0) is 23.7 Å². The molecular formula is C20H30O5. The number of fused-ring (bicyclic) bond motifs is 1. The predicted molar refractivity (Wildman–Crippen MR) is 91.9 cm³/mol. The lowest BCUT2D eigenvalue weighted by Gasteiger charge is -2.45. The van der Waals surface area contributed by atoms with Gasteiger partial charge in [0.05, 0.1) is 25.9 Å². The third-order valence-electron chi connectivity index (χ3n) is 6.77. The third-order valence-corrected chi connectivity index (χ3v) is 6.77. The van der Waals surface area contributed by atoms with Crippen LogP contribution in [0.3, 0.4) is 0 Å². The summed E-state index contributed by atoms with van der Waals surface area (Å²) >= 11 is 0. The highest BCUT2D eigenvalue weighted by Gasteiger charge is 2.52. The fraction of sp³-hybridized carbons (Fsp3) is 0.850. The Balaban J connectivity index is 1.46. The monoisotopic (exact) mass is 350 g/mol. The second-order valence-corrected chi connectivity index (χ2v) is 8.24. The van der Waals surface area contributed by atoms with E-state index in [2.05, 4.69) is 13.8 Å². The normalized spacial score (nSPS) is 42.0. The number of allylic oxidation sites excluding steroid dienone is 1. The number of rotatable bonds is 5. The summed E-state index contributed by atoms with van der Waals surface area (Å²) in [5.41, 5.74) is 1.16. The highest BCUT2D eigenvalue weighted by molar-refractivity contribution is 5.92. The lowest BCUT2D eigenvalue weighted by molar-refractivity contribution is -0.148. The number of hydrogen-bond donors (Lipinski definition) is 0. The zero-order valence-corrected chi connectivity index (χ0v) is 15.4. The quantitative estimate of drug-likeness (QED) is 0.762. The minimum absolute atomic E-state index is 0.0341. The Morgan fingerprint density at radius 3 is 2.76 bits per heavy atom. The molecule has 3 fully saturated rings. The van der Waals surface area contributed by atoms with Crippen molar-refractivity contribution in [2.45, 2.75) is 71.1 Å². The van der Waals surface area contributed by atoms with Gasteiger partial charge >= 0.3 is 0 Å². The van der Waals surface area contributed by atoms with Gasteiger partial charge in [-0.3, -0.25) is 4.79 Å². The Hall–Kier alpha value is -0.750. The molecule has 5 nitrogen and oxygen atoms in total. The van der Waals surface area contributed by atoms with Crippen LogP contribution in [0.1, 0.15) is 52.4 Å². The zero-order valence-electron chi connectivity index (χ0n) is 15.4. The van der Waals surface area contributed by atoms with Crippen LogP contribution >= 0.6 is 0 Å². The van der Waals surface area contributed by atoms with E-state index in [1.54, 1.807) is 0 Å². The van der Waals surface area contributed by atoms with Crippen LogP contribution in [0, 0.1) is 17.3 Å². The standard InChI is InChI=1S/C20H30O5/c1-13-10-16(21)12-15(4-3-5-18-22-8-9-23-18)20(13,2)17-11-14-6-7-24-19(14)25-17/h12-14,17-19H,3-11H2,1-2H3/t13-,14-,17+,19+,20+/m1/s1. The maximum absolute atomic E-state index is 12.2. The largest absolute Gasteiger partial charge is 0.352 e. The molecule has 3 heterocycles. The molecule has 4 rings (SSSR count). The summed E-state index contributed by atoms with van der Waals surface area (Å²) in [6.07, 6.45) is 7.47. The molecule has 5 atom stereocenters. The molecule has 0 amide bonds. The molecule has 0 aromatic carbocycles. The summed E-state index contributed by atoms with van der Waals surface area (Å²) in [6.45, 7) is 6.70. The first-order valence-corrected chi connectivity index (χ1v) is 9.81. The van der Waals surface area contributed by atoms with Crippen molar-refractivity contribution in [1.82, 2.24) is 0 Å². The molecule has 140 valence electrons. The maximum atomic E-state index is 12.2. The van der Waals surface area contributed by atoms with Gasteiger partial charge in [-0.1, -0.05) is 19.4 Å². The van der Waals surface area contributed by atoms with Crippen LogP contribution in [0.25, 0.3) is 0 Å². The smallest absolute Gasteiger partial charge is 0.160 e. The van der Waals surface area contributed by atoms with Gasteiger partial charge in [-0.05, 0) is 44.1 Å². The average molecular weight is 350 g/mol. The molecule has 0 radical (unpaired) electrons. The van der Waals surface area contributed by atoms with E-state index in [4.69, 9.17) is 18.9 Å². The van der Waals surface area contributed by atoms with Crippen LogP contribution < -0.4 is 0 Å². The van der Waals surface area contributed by atoms with Crippen LogP contribution in [0.2, 0.25) is 0 Å². The molecule has 3 aliphatic heterocycles. The van der Waals surface area contributed by atoms with Crippen molar-refractivity contribution >= 4 is 5.78 Å². The van der Waals surface area contributed by atoms with E-state index < -0.39 is 0 Å². The fourth-order valence-corrected chi connectivity index (χ4v) is 5.00. The third kappa shape index (κ3) is 3.32. The lowest BCUT2D eigenvalue weighted by Crippen LogP contribution is -2.43. The lowest BCUT2D eigenvalue weighted by atomic mass is 9.61. The Morgan fingerprint density at radius 2 is 2.00 bits per heavy atom. The maximum Gasteiger partial charge on any atom is 0.160 e. The molecule has 3 saturated heterocycles. The number of ether oxygens (including phenoxy) is 4. The molecule has 0 aromatic heterocycles. The van der Waals surface area contributed by atoms with E-state index in [0.29, 0.717) is 31.5 Å². The highest BCUT2D eigenvalue weighted by atomic mass is 16.7. The Morgan fingerprint density at radius 1 is 1.20 bits per heavy atom. The Kier molecular flexibility index (Phi) is 5.02. The summed E-state index contributed by atoms with van der Waals surface area (Å²) in [6, 6.07) is 0. The number of ketones is 1. The van der Waals surface area contributed by atoms with Crippen molar-refractivity contribution in [2.24, 2.45) is 17.3 Å². The Labute approximate surface area is 150 Å². The summed E-state index contributed by atoms with van der Waals surface area (Å²) in [7, 11) is 0. The molecule has 0 saturated carbocycles. The SMILES string of the molecule is C[C@@H]1CC(=O)C=C(CCCC2OCCO2)[C@@]1(C)[C@@H]1C[C@H]2CCO[C@H]2O1. The van der Waals surface area contributed by atoms with Crippen molar-refractivity contribution in [2.75, 3.05) is 19.8 Å². The van der Waals surface area contributed by atoms with Crippen molar-refractivity contribution in [1.29, 1.82) is 0 Å². The minimum Gasteiger partial charge on any atom is -0.352 e. The van der Waals surface area contributed by atoms with Gasteiger partial charge in [0, 0.05) is 17.8 Å². The van der Waals surface area contributed by atoms with Gasteiger partial charge < -0.3 is 18.9 Å². The van der Waals surface area contributed by atoms with E-state index in [9.17, 15) is 4.79 Å². The van der Waals surface area contributed by atoms with Crippen molar-refractivity contribution < 1.29 is 23.7 Å². The van der Waals surface area contributed by atoms with E-state index >= 15 is 0 Å². The second-order valence-electron chi connectivity index (χ2n) is 8.24. The van der Waals surface area contributed by atoms with Gasteiger partial charge in [-0.2, -0.15) is 0 Å². The average Bonchev–Trinajstić information content (AvgIpc) is 3.28. The summed E-state index contributed by atoms with van der Waals surface area (Å²) in [4.78, 5) is 12.2. The highest BCUT2D eigenvalue weighted by Crippen LogP contribution is 2.52. The van der Waals surface area contributed by atoms with Crippen LogP contribution in [0.4, 0.5) is 0 Å². The van der Waals surface area contributed by atoms with Gasteiger partial charge in [-0.15, -0.1) is 0 Å². The van der Waals surface area contributed by atoms with Gasteiger partial charge in [0.2, 0.25) is 0 Å². The van der Waals surface area contributed by atoms with Crippen LogP contribution in [-0.4, -0.2) is 44.3 Å². The molecule has 0 unspecified atom stereocenters. The molecule has 0 N–H and O–H groups in total. The van der Waals surface area contributed by atoms with Crippen LogP contribution in [0.15, 0.2) is 11.6 Å². The number of hydrogen-bond acceptors (Lipinski definition) is 5. The molecule has 1 aliphatic carbocycles. The minimum atomic E-state index is -0.0843. The topological polar surface area (TPSA) is 54.0 Å². The molecule has 4 aliphatic rings. The van der Waals surface area contributed by atoms with Crippen molar-refractivity contribution in [3.8, 4) is 0 Å². The van der Waals surface area contributed by atoms with Gasteiger partial charge in [-0.25, -0.2) is 0 Å². The summed E-state index contributed by atoms with van der Waals surface area (Å²) < 4.78 is 23.1. The first kappa shape index (κ1) is 17.7. The fourth-order valence-electron chi connectivity index (χ4n) is 5.00. The van der Waals surface area contributed by atoms with Gasteiger partial charge in [0.15, 0.2) is 18.4 Å². The zero-order chi connectivity index (χ0) is 17.4. The van der Waals surface area contributed by atoms with Crippen LogP contribution in [0.5, 0.6) is 0 Å². The summed E-state index contributed by atoms with van der Waals surface area (Å²) in [5, 5.41) is 0. The predicted octanol–water partition coefficient (Wildman–Crippen LogP) is 3.22. The van der Waals surface area contributed by atoms with Crippen molar-refractivity contribution in [3.63, 3.8) is 0 Å². The molecule has 0 bridgehead atoms. The van der Waals surface area contributed by atoms with E-state index in [0.717, 1.165) is 38.7 Å². The van der Waals surface area contributed by atoms with Gasteiger partial charge in [0.1, 0.15) is 0 Å². The van der Waals surface area contributed by atoms with Gasteiger partial charge in [0.25, 0.3) is 0 Å². The molecule has 0 aromatic rings. The molecule has 25 heavy (non-hydrogen) atoms. The van der Waals surface area contributed by atoms with E-state index in [1.807, 2.05) is 6.08 Å². The molecule has 5 heteroatoms. The first-order valence-electron chi connectivity index (χ1n) is 9.81. The second kappa shape index (κ2) is 7.10. The molecular weight excluding hydrogens is 320 g/mol. The molecule has 0 spiro atoms. The number of carbonyl (C=O) groups excluding carboxylic acids is 1. The van der Waals surface area contributed by atoms with E-state index in [-0.39, 0.29) is 29.9 Å². The first-order chi connectivity index (χ1) is 12.1. The number of carbonyl (C=O) groups is 1. The summed E-state index contributed by atoms with van der Waals surface area (Å²) in [5.74, 6) is 1.07. The Bertz CT molecular complexity index is 526.